The molecule has 0 aliphatic rings. The SMILES string of the molecule is CCOC(=O)c1ccccc1NCn1nc(-c2ccccc2OC)oc1=S. The molecule has 8 heteroatoms. The highest BCUT2D eigenvalue weighted by molar-refractivity contribution is 7.71. The second kappa shape index (κ2) is 8.50. The fourth-order valence-corrected chi connectivity index (χ4v) is 2.70. The summed E-state index contributed by atoms with van der Waals surface area (Å²) < 4.78 is 17.5. The zero-order valence-electron chi connectivity index (χ0n) is 15.0. The number of hydrogen-bond donors (Lipinski definition) is 1. The number of nitrogens with zero attached hydrogens (tertiary/aromatic N) is 2. The Balaban J connectivity index is 1.82. The number of rotatable bonds is 7. The standard InChI is InChI=1S/C19H19N3O4S/c1-3-25-18(23)13-8-4-6-10-15(13)20-12-22-19(27)26-17(21-22)14-9-5-7-11-16(14)24-2/h4-11,20H,3,12H2,1-2H3. The van der Waals surface area contributed by atoms with Gasteiger partial charge in [-0.05, 0) is 43.4 Å². The Morgan fingerprint density at radius 2 is 1.96 bits per heavy atom. The van der Waals surface area contributed by atoms with Gasteiger partial charge in [-0.2, -0.15) is 0 Å². The lowest BCUT2D eigenvalue weighted by atomic mass is 10.2. The summed E-state index contributed by atoms with van der Waals surface area (Å²) in [5, 5.41) is 7.55. The summed E-state index contributed by atoms with van der Waals surface area (Å²) in [6.45, 7) is 2.31. The highest BCUT2D eigenvalue weighted by Crippen LogP contribution is 2.28. The summed E-state index contributed by atoms with van der Waals surface area (Å²) in [4.78, 5) is 12.3. The minimum absolute atomic E-state index is 0.206. The van der Waals surface area contributed by atoms with E-state index in [2.05, 4.69) is 10.4 Å². The molecule has 1 aromatic heterocycles. The lowest BCUT2D eigenvalue weighted by molar-refractivity contribution is 0.0527. The fraction of sp³-hybridized carbons (Fsp3) is 0.211. The number of aromatic nitrogens is 2. The number of hydrogen-bond acceptors (Lipinski definition) is 7. The molecule has 0 saturated carbocycles. The first-order valence-corrected chi connectivity index (χ1v) is 8.76. The highest BCUT2D eigenvalue weighted by Gasteiger charge is 2.14. The maximum Gasteiger partial charge on any atom is 0.340 e. The van der Waals surface area contributed by atoms with Gasteiger partial charge in [-0.1, -0.05) is 24.3 Å². The molecular weight excluding hydrogens is 366 g/mol. The van der Waals surface area contributed by atoms with Crippen LogP contribution in [0.4, 0.5) is 5.69 Å². The molecule has 140 valence electrons. The molecule has 0 atom stereocenters. The average Bonchev–Trinajstić information content (AvgIpc) is 3.07. The van der Waals surface area contributed by atoms with Crippen LogP contribution in [0.2, 0.25) is 0 Å². The molecule has 3 aromatic rings. The molecule has 0 bridgehead atoms. The number of carbonyl (C=O) groups is 1. The minimum atomic E-state index is -0.390. The lowest BCUT2D eigenvalue weighted by Gasteiger charge is -2.10. The summed E-state index contributed by atoms with van der Waals surface area (Å²) in [6, 6.07) is 14.5. The Bertz CT molecular complexity index is 996. The van der Waals surface area contributed by atoms with Crippen molar-refractivity contribution < 1.29 is 18.7 Å². The maximum absolute atomic E-state index is 12.1. The average molecular weight is 385 g/mol. The molecule has 7 nitrogen and oxygen atoms in total. The highest BCUT2D eigenvalue weighted by atomic mass is 32.1. The van der Waals surface area contributed by atoms with Crippen LogP contribution in [-0.4, -0.2) is 29.5 Å². The second-order valence-electron chi connectivity index (χ2n) is 5.47. The van der Waals surface area contributed by atoms with Gasteiger partial charge in [0.2, 0.25) is 0 Å². The van der Waals surface area contributed by atoms with Crippen molar-refractivity contribution in [1.82, 2.24) is 9.78 Å². The summed E-state index contributed by atoms with van der Waals surface area (Å²) in [5.41, 5.74) is 1.77. The van der Waals surface area contributed by atoms with Crippen LogP contribution in [0.5, 0.6) is 5.75 Å². The van der Waals surface area contributed by atoms with E-state index in [1.54, 1.807) is 32.2 Å². The van der Waals surface area contributed by atoms with Crippen molar-refractivity contribution in [3.05, 3.63) is 58.9 Å². The van der Waals surface area contributed by atoms with E-state index < -0.39 is 0 Å². The van der Waals surface area contributed by atoms with Crippen LogP contribution in [0.15, 0.2) is 52.9 Å². The number of nitrogens with one attached hydrogen (secondary N) is 1. The Morgan fingerprint density at radius 3 is 2.74 bits per heavy atom. The number of benzene rings is 2. The van der Waals surface area contributed by atoms with Gasteiger partial charge >= 0.3 is 5.97 Å². The van der Waals surface area contributed by atoms with Crippen molar-refractivity contribution in [2.24, 2.45) is 0 Å². The normalized spacial score (nSPS) is 10.4. The number of methoxy groups -OCH3 is 1. The van der Waals surface area contributed by atoms with Crippen molar-refractivity contribution >= 4 is 23.9 Å². The predicted octanol–water partition coefficient (Wildman–Crippen LogP) is 4.13. The minimum Gasteiger partial charge on any atom is -0.496 e. The van der Waals surface area contributed by atoms with Gasteiger partial charge in [0.05, 0.1) is 30.5 Å². The Hall–Kier alpha value is -3.13. The van der Waals surface area contributed by atoms with Crippen LogP contribution in [0.1, 0.15) is 17.3 Å². The van der Waals surface area contributed by atoms with Crippen LogP contribution in [-0.2, 0) is 11.4 Å². The Labute approximate surface area is 161 Å². The van der Waals surface area contributed by atoms with Crippen LogP contribution in [0.3, 0.4) is 0 Å². The van der Waals surface area contributed by atoms with Gasteiger partial charge in [0.15, 0.2) is 0 Å². The molecule has 0 radical (unpaired) electrons. The molecule has 27 heavy (non-hydrogen) atoms. The van der Waals surface area contributed by atoms with E-state index in [0.29, 0.717) is 35.1 Å². The number of anilines is 1. The zero-order chi connectivity index (χ0) is 19.2. The van der Waals surface area contributed by atoms with E-state index in [1.165, 1.54) is 4.68 Å². The molecule has 3 rings (SSSR count). The number of para-hydroxylation sites is 2. The number of carbonyl (C=O) groups excluding carboxylic acids is 1. The van der Waals surface area contributed by atoms with Crippen molar-refractivity contribution in [3.63, 3.8) is 0 Å². The van der Waals surface area contributed by atoms with Crippen LogP contribution in [0.25, 0.3) is 11.5 Å². The van der Waals surface area contributed by atoms with E-state index in [-0.39, 0.29) is 17.5 Å². The summed E-state index contributed by atoms with van der Waals surface area (Å²) in [6.07, 6.45) is 0. The van der Waals surface area contributed by atoms with Crippen molar-refractivity contribution in [2.45, 2.75) is 13.6 Å². The summed E-state index contributed by atoms with van der Waals surface area (Å²) in [5.74, 6) is 0.610. The van der Waals surface area contributed by atoms with E-state index in [9.17, 15) is 4.79 Å². The topological polar surface area (TPSA) is 78.5 Å². The molecule has 0 spiro atoms. The number of esters is 1. The van der Waals surface area contributed by atoms with Gasteiger partial charge in [-0.25, -0.2) is 9.48 Å². The first kappa shape index (κ1) is 18.7. The summed E-state index contributed by atoms with van der Waals surface area (Å²) in [7, 11) is 1.58. The first-order chi connectivity index (χ1) is 13.1. The van der Waals surface area contributed by atoms with Gasteiger partial charge in [-0.3, -0.25) is 0 Å². The monoisotopic (exact) mass is 385 g/mol. The summed E-state index contributed by atoms with van der Waals surface area (Å²) >= 11 is 5.26. The van der Waals surface area contributed by atoms with E-state index in [0.717, 1.165) is 0 Å². The molecule has 0 fully saturated rings. The van der Waals surface area contributed by atoms with Crippen LogP contribution in [0, 0.1) is 4.84 Å². The molecule has 0 aliphatic carbocycles. The quantitative estimate of drug-likeness (QED) is 0.484. The Kier molecular flexibility index (Phi) is 5.87. The molecule has 1 heterocycles. The predicted molar refractivity (Wildman–Crippen MR) is 103 cm³/mol. The fourth-order valence-electron chi connectivity index (χ4n) is 2.52. The van der Waals surface area contributed by atoms with E-state index in [1.807, 2.05) is 30.3 Å². The lowest BCUT2D eigenvalue weighted by Crippen LogP contribution is -2.13. The molecule has 0 aliphatic heterocycles. The second-order valence-corrected chi connectivity index (χ2v) is 5.82. The maximum atomic E-state index is 12.1. The van der Waals surface area contributed by atoms with Gasteiger partial charge in [0, 0.05) is 0 Å². The molecule has 1 N–H and O–H groups in total. The molecule has 0 unspecified atom stereocenters. The third-order valence-electron chi connectivity index (χ3n) is 3.79. The number of ether oxygens (including phenoxy) is 2. The molecular formula is C19H19N3O4S. The molecule has 0 saturated heterocycles. The van der Waals surface area contributed by atoms with Gasteiger partial charge < -0.3 is 19.2 Å². The van der Waals surface area contributed by atoms with Crippen molar-refractivity contribution in [3.8, 4) is 17.2 Å². The third kappa shape index (κ3) is 4.17. The first-order valence-electron chi connectivity index (χ1n) is 8.35. The van der Waals surface area contributed by atoms with Crippen LogP contribution >= 0.6 is 12.2 Å². The van der Waals surface area contributed by atoms with Gasteiger partial charge in [0.1, 0.15) is 12.4 Å². The van der Waals surface area contributed by atoms with Gasteiger partial charge in [0.25, 0.3) is 10.7 Å². The Morgan fingerprint density at radius 1 is 1.22 bits per heavy atom. The molecule has 0 amide bonds. The zero-order valence-corrected chi connectivity index (χ0v) is 15.8. The largest absolute Gasteiger partial charge is 0.496 e. The molecule has 2 aromatic carbocycles. The van der Waals surface area contributed by atoms with E-state index in [4.69, 9.17) is 26.1 Å². The van der Waals surface area contributed by atoms with Gasteiger partial charge in [-0.15, -0.1) is 5.10 Å². The third-order valence-corrected chi connectivity index (χ3v) is 4.08. The van der Waals surface area contributed by atoms with Crippen molar-refractivity contribution in [1.29, 1.82) is 0 Å². The van der Waals surface area contributed by atoms with E-state index >= 15 is 0 Å². The van der Waals surface area contributed by atoms with Crippen LogP contribution < -0.4 is 10.1 Å². The van der Waals surface area contributed by atoms with Crippen molar-refractivity contribution in [2.75, 3.05) is 19.0 Å². The smallest absolute Gasteiger partial charge is 0.340 e.